The molecule has 0 saturated carbocycles. The highest BCUT2D eigenvalue weighted by molar-refractivity contribution is 9.10. The van der Waals surface area contributed by atoms with Gasteiger partial charge < -0.3 is 10.8 Å². The Morgan fingerprint density at radius 2 is 2.15 bits per heavy atom. The summed E-state index contributed by atoms with van der Waals surface area (Å²) >= 11 is 3.28. The number of phenolic OH excluding ortho intramolecular Hbond substituents is 1. The first-order valence-electron chi connectivity index (χ1n) is 4.24. The van der Waals surface area contributed by atoms with Crippen LogP contribution >= 0.6 is 15.9 Å². The van der Waals surface area contributed by atoms with Crippen molar-refractivity contribution >= 4 is 15.9 Å². The summed E-state index contributed by atoms with van der Waals surface area (Å²) in [7, 11) is 0. The molecule has 1 atom stereocenters. The lowest BCUT2D eigenvalue weighted by Gasteiger charge is -2.10. The second-order valence-corrected chi connectivity index (χ2v) is 4.27. The highest BCUT2D eigenvalue weighted by Crippen LogP contribution is 2.27. The molecule has 3 heteroatoms. The number of hydrogen-bond acceptors (Lipinski definition) is 2. The molecule has 0 fully saturated rings. The van der Waals surface area contributed by atoms with Crippen LogP contribution in [0.4, 0.5) is 0 Å². The molecule has 0 heterocycles. The number of aromatic hydroxyl groups is 1. The lowest BCUT2D eigenvalue weighted by molar-refractivity contribution is 0.471. The Morgan fingerprint density at radius 3 is 2.69 bits per heavy atom. The molecule has 0 spiro atoms. The van der Waals surface area contributed by atoms with Crippen LogP contribution in [0.15, 0.2) is 16.6 Å². The van der Waals surface area contributed by atoms with Crippen molar-refractivity contribution in [3.8, 4) is 5.75 Å². The van der Waals surface area contributed by atoms with Gasteiger partial charge in [-0.3, -0.25) is 0 Å². The summed E-state index contributed by atoms with van der Waals surface area (Å²) in [5.74, 6) is 0.283. The third kappa shape index (κ3) is 2.71. The van der Waals surface area contributed by atoms with E-state index in [1.165, 1.54) is 5.56 Å². The molecule has 0 aliphatic rings. The molecule has 2 nitrogen and oxygen atoms in total. The van der Waals surface area contributed by atoms with Crippen molar-refractivity contribution in [2.45, 2.75) is 26.3 Å². The van der Waals surface area contributed by atoms with Gasteiger partial charge in [-0.15, -0.1) is 0 Å². The Labute approximate surface area is 86.9 Å². The average Bonchev–Trinajstić information content (AvgIpc) is 1.99. The van der Waals surface area contributed by atoms with Gasteiger partial charge in [-0.2, -0.15) is 0 Å². The number of rotatable bonds is 2. The highest BCUT2D eigenvalue weighted by Gasteiger charge is 2.05. The number of aryl methyl sites for hydroxylation is 1. The van der Waals surface area contributed by atoms with Crippen LogP contribution in [-0.4, -0.2) is 11.1 Å². The Balaban J connectivity index is 3.01. The van der Waals surface area contributed by atoms with Crippen molar-refractivity contribution in [3.05, 3.63) is 27.7 Å². The molecule has 0 aliphatic heterocycles. The quantitative estimate of drug-likeness (QED) is 0.838. The summed E-state index contributed by atoms with van der Waals surface area (Å²) in [5, 5.41) is 9.38. The van der Waals surface area contributed by atoms with E-state index in [0.29, 0.717) is 0 Å². The van der Waals surface area contributed by atoms with Crippen LogP contribution in [0.2, 0.25) is 0 Å². The molecule has 72 valence electrons. The SMILES string of the molecule is Cc1cc(O)c(Br)cc1CC(C)N. The third-order valence-electron chi connectivity index (χ3n) is 1.95. The zero-order chi connectivity index (χ0) is 10.0. The summed E-state index contributed by atoms with van der Waals surface area (Å²) in [4.78, 5) is 0. The predicted molar refractivity (Wildman–Crippen MR) is 57.9 cm³/mol. The Morgan fingerprint density at radius 1 is 1.54 bits per heavy atom. The van der Waals surface area contributed by atoms with Gasteiger partial charge in [0.15, 0.2) is 0 Å². The topological polar surface area (TPSA) is 46.2 Å². The molecule has 1 aromatic carbocycles. The minimum absolute atomic E-state index is 0.148. The largest absolute Gasteiger partial charge is 0.507 e. The Hall–Kier alpha value is -0.540. The van der Waals surface area contributed by atoms with Gasteiger partial charge in [-0.05, 0) is 59.5 Å². The predicted octanol–water partition coefficient (Wildman–Crippen LogP) is 2.35. The first kappa shape index (κ1) is 10.5. The molecule has 1 aromatic rings. The zero-order valence-electron chi connectivity index (χ0n) is 7.84. The molecule has 0 aromatic heterocycles. The second-order valence-electron chi connectivity index (χ2n) is 3.41. The van der Waals surface area contributed by atoms with E-state index in [9.17, 15) is 5.11 Å². The van der Waals surface area contributed by atoms with E-state index in [2.05, 4.69) is 15.9 Å². The van der Waals surface area contributed by atoms with E-state index >= 15 is 0 Å². The third-order valence-corrected chi connectivity index (χ3v) is 2.58. The van der Waals surface area contributed by atoms with Gasteiger partial charge in [-0.25, -0.2) is 0 Å². The van der Waals surface area contributed by atoms with E-state index in [-0.39, 0.29) is 11.8 Å². The van der Waals surface area contributed by atoms with E-state index in [1.54, 1.807) is 6.07 Å². The minimum atomic E-state index is 0.148. The molecule has 0 bridgehead atoms. The number of nitrogens with two attached hydrogens (primary N) is 1. The fourth-order valence-electron chi connectivity index (χ4n) is 1.27. The van der Waals surface area contributed by atoms with Gasteiger partial charge in [0, 0.05) is 6.04 Å². The summed E-state index contributed by atoms with van der Waals surface area (Å²) in [6.07, 6.45) is 0.838. The maximum atomic E-state index is 9.38. The van der Waals surface area contributed by atoms with Crippen molar-refractivity contribution in [1.29, 1.82) is 0 Å². The van der Waals surface area contributed by atoms with Gasteiger partial charge in [0.25, 0.3) is 0 Å². The first-order valence-corrected chi connectivity index (χ1v) is 5.03. The van der Waals surface area contributed by atoms with Gasteiger partial charge in [0.1, 0.15) is 5.75 Å². The molecule has 3 N–H and O–H groups in total. The molecule has 0 saturated heterocycles. The van der Waals surface area contributed by atoms with Gasteiger partial charge in [0.2, 0.25) is 0 Å². The van der Waals surface area contributed by atoms with Crippen molar-refractivity contribution in [2.75, 3.05) is 0 Å². The van der Waals surface area contributed by atoms with Crippen LogP contribution in [0.3, 0.4) is 0 Å². The van der Waals surface area contributed by atoms with Crippen LogP contribution in [0.5, 0.6) is 5.75 Å². The van der Waals surface area contributed by atoms with E-state index in [1.807, 2.05) is 19.9 Å². The molecule has 1 unspecified atom stereocenters. The number of hydrogen-bond donors (Lipinski definition) is 2. The van der Waals surface area contributed by atoms with E-state index in [4.69, 9.17) is 5.73 Å². The Bertz CT molecular complexity index is 310. The van der Waals surface area contributed by atoms with Crippen LogP contribution in [0, 0.1) is 6.92 Å². The van der Waals surface area contributed by atoms with Crippen LogP contribution in [-0.2, 0) is 6.42 Å². The summed E-state index contributed by atoms with van der Waals surface area (Å²) in [5.41, 5.74) is 7.97. The average molecular weight is 244 g/mol. The summed E-state index contributed by atoms with van der Waals surface area (Å²) in [6.45, 7) is 3.95. The first-order chi connectivity index (χ1) is 6.00. The van der Waals surface area contributed by atoms with Gasteiger partial charge in [0.05, 0.1) is 4.47 Å². The number of phenols is 1. The second kappa shape index (κ2) is 4.11. The molecule has 13 heavy (non-hydrogen) atoms. The standard InChI is InChI=1S/C10H14BrNO/c1-6-3-10(13)9(11)5-8(6)4-7(2)12/h3,5,7,13H,4,12H2,1-2H3. The molecule has 1 rings (SSSR count). The van der Waals surface area contributed by atoms with E-state index < -0.39 is 0 Å². The molecule has 0 radical (unpaired) electrons. The normalized spacial score (nSPS) is 12.9. The molecule has 0 amide bonds. The maximum Gasteiger partial charge on any atom is 0.130 e. The molecular formula is C10H14BrNO. The van der Waals surface area contributed by atoms with Crippen LogP contribution in [0.25, 0.3) is 0 Å². The van der Waals surface area contributed by atoms with Crippen molar-refractivity contribution in [2.24, 2.45) is 5.73 Å². The van der Waals surface area contributed by atoms with Crippen molar-refractivity contribution in [3.63, 3.8) is 0 Å². The minimum Gasteiger partial charge on any atom is -0.507 e. The van der Waals surface area contributed by atoms with Gasteiger partial charge >= 0.3 is 0 Å². The van der Waals surface area contributed by atoms with Crippen LogP contribution < -0.4 is 5.73 Å². The molecule has 0 aliphatic carbocycles. The van der Waals surface area contributed by atoms with Gasteiger partial charge in [-0.1, -0.05) is 0 Å². The number of benzene rings is 1. The lowest BCUT2D eigenvalue weighted by atomic mass is 10.0. The smallest absolute Gasteiger partial charge is 0.130 e. The highest BCUT2D eigenvalue weighted by atomic mass is 79.9. The fourth-order valence-corrected chi connectivity index (χ4v) is 1.67. The lowest BCUT2D eigenvalue weighted by Crippen LogP contribution is -2.18. The molecular weight excluding hydrogens is 230 g/mol. The fraction of sp³-hybridized carbons (Fsp3) is 0.400. The summed E-state index contributed by atoms with van der Waals surface area (Å²) < 4.78 is 0.730. The number of halogens is 1. The zero-order valence-corrected chi connectivity index (χ0v) is 9.43. The van der Waals surface area contributed by atoms with E-state index in [0.717, 1.165) is 16.5 Å². The maximum absolute atomic E-state index is 9.38. The summed E-state index contributed by atoms with van der Waals surface area (Å²) in [6, 6.07) is 3.82. The monoisotopic (exact) mass is 243 g/mol. The van der Waals surface area contributed by atoms with Crippen LogP contribution in [0.1, 0.15) is 18.1 Å². The van der Waals surface area contributed by atoms with Crippen molar-refractivity contribution in [1.82, 2.24) is 0 Å². The Kier molecular flexibility index (Phi) is 3.33. The van der Waals surface area contributed by atoms with Crippen molar-refractivity contribution < 1.29 is 5.11 Å².